The van der Waals surface area contributed by atoms with E-state index in [1.165, 1.54) is 19.3 Å². The van der Waals surface area contributed by atoms with Crippen molar-refractivity contribution in [2.24, 2.45) is 5.41 Å². The molecule has 3 rings (SSSR count). The summed E-state index contributed by atoms with van der Waals surface area (Å²) in [7, 11) is 0. The van der Waals surface area contributed by atoms with Crippen LogP contribution in [0, 0.1) is 12.3 Å². The Morgan fingerprint density at radius 2 is 2.29 bits per heavy atom. The van der Waals surface area contributed by atoms with Gasteiger partial charge in [0.15, 0.2) is 0 Å². The van der Waals surface area contributed by atoms with E-state index in [0.717, 1.165) is 38.2 Å². The van der Waals surface area contributed by atoms with E-state index in [0.29, 0.717) is 12.6 Å². The van der Waals surface area contributed by atoms with Gasteiger partial charge in [-0.05, 0) is 46.0 Å². The second-order valence-corrected chi connectivity index (χ2v) is 7.09. The first-order valence-corrected chi connectivity index (χ1v) is 9.29. The molecule has 6 nitrogen and oxygen atoms in total. The van der Waals surface area contributed by atoms with Gasteiger partial charge in [0.2, 0.25) is 0 Å². The van der Waals surface area contributed by atoms with Crippen molar-refractivity contribution in [2.75, 3.05) is 13.2 Å². The minimum absolute atomic E-state index is 0.0277. The van der Waals surface area contributed by atoms with Crippen LogP contribution in [0.5, 0.6) is 0 Å². The minimum atomic E-state index is -0.0277. The predicted octanol–water partition coefficient (Wildman–Crippen LogP) is 2.62. The summed E-state index contributed by atoms with van der Waals surface area (Å²) in [5.74, 6) is 1.04. The van der Waals surface area contributed by atoms with Gasteiger partial charge in [-0.3, -0.25) is 0 Å². The number of hydrogen-bond acceptors (Lipinski definition) is 3. The molecule has 2 aliphatic carbocycles. The van der Waals surface area contributed by atoms with Crippen molar-refractivity contribution in [3.63, 3.8) is 0 Å². The molecule has 1 spiro atoms. The highest BCUT2D eigenvalue weighted by Crippen LogP contribution is 2.57. The van der Waals surface area contributed by atoms with Crippen LogP contribution in [0.15, 0.2) is 12.4 Å². The highest BCUT2D eigenvalue weighted by molar-refractivity contribution is 5.74. The van der Waals surface area contributed by atoms with Crippen molar-refractivity contribution in [2.45, 2.75) is 71.1 Å². The number of aryl methyl sites for hydroxylation is 2. The molecular weight excluding hydrogens is 304 g/mol. The van der Waals surface area contributed by atoms with Gasteiger partial charge >= 0.3 is 6.03 Å². The molecule has 1 aromatic rings. The number of urea groups is 1. The summed E-state index contributed by atoms with van der Waals surface area (Å²) in [5.41, 5.74) is 0.228. The van der Waals surface area contributed by atoms with E-state index in [1.807, 2.05) is 26.2 Å². The number of carbonyl (C=O) groups is 1. The molecule has 2 amide bonds. The van der Waals surface area contributed by atoms with E-state index < -0.39 is 0 Å². The Labute approximate surface area is 144 Å². The zero-order chi connectivity index (χ0) is 17.0. The van der Waals surface area contributed by atoms with Gasteiger partial charge in [-0.2, -0.15) is 0 Å². The smallest absolute Gasteiger partial charge is 0.315 e. The summed E-state index contributed by atoms with van der Waals surface area (Å²) in [4.78, 5) is 16.3. The number of rotatable bonds is 8. The third kappa shape index (κ3) is 3.43. The molecule has 2 aliphatic rings. The standard InChI is InChI=1S/C18H30N4O2/c1-3-24-16-13-15(18(16)7-6-8-18)21-17(23)20-9-4-5-11-22-12-10-19-14(22)2/h10,12,15-16H,3-9,11,13H2,1-2H3,(H2,20,21,23)/t15-,16+/m1/s1. The van der Waals surface area contributed by atoms with Crippen LogP contribution < -0.4 is 10.6 Å². The van der Waals surface area contributed by atoms with Crippen molar-refractivity contribution in [1.29, 1.82) is 0 Å². The molecule has 0 aliphatic heterocycles. The molecule has 2 saturated carbocycles. The van der Waals surface area contributed by atoms with E-state index in [2.05, 4.69) is 20.2 Å². The largest absolute Gasteiger partial charge is 0.378 e. The Kier molecular flexibility index (Phi) is 5.43. The van der Waals surface area contributed by atoms with Crippen LogP contribution in [0.1, 0.15) is 51.3 Å². The van der Waals surface area contributed by atoms with Crippen molar-refractivity contribution in [3.05, 3.63) is 18.2 Å². The van der Waals surface area contributed by atoms with Crippen LogP contribution >= 0.6 is 0 Å². The number of nitrogens with one attached hydrogen (secondary N) is 2. The van der Waals surface area contributed by atoms with Gasteiger partial charge in [-0.1, -0.05) is 6.42 Å². The predicted molar refractivity (Wildman–Crippen MR) is 92.8 cm³/mol. The van der Waals surface area contributed by atoms with E-state index in [4.69, 9.17) is 4.74 Å². The highest BCUT2D eigenvalue weighted by Gasteiger charge is 2.59. The maximum absolute atomic E-state index is 12.1. The molecule has 0 unspecified atom stereocenters. The van der Waals surface area contributed by atoms with E-state index in [-0.39, 0.29) is 17.5 Å². The monoisotopic (exact) mass is 334 g/mol. The molecule has 2 fully saturated rings. The summed E-state index contributed by atoms with van der Waals surface area (Å²) in [6.45, 7) is 6.49. The fourth-order valence-electron chi connectivity index (χ4n) is 4.10. The van der Waals surface area contributed by atoms with E-state index in [9.17, 15) is 4.79 Å². The molecule has 2 N–H and O–H groups in total. The number of amides is 2. The Hall–Kier alpha value is -1.56. The molecule has 24 heavy (non-hydrogen) atoms. The average molecular weight is 334 g/mol. The topological polar surface area (TPSA) is 68.2 Å². The first-order valence-electron chi connectivity index (χ1n) is 9.29. The van der Waals surface area contributed by atoms with Crippen LogP contribution in [0.3, 0.4) is 0 Å². The van der Waals surface area contributed by atoms with Gasteiger partial charge < -0.3 is 19.9 Å². The summed E-state index contributed by atoms with van der Waals surface area (Å²) >= 11 is 0. The molecule has 0 aromatic carbocycles. The van der Waals surface area contributed by atoms with Crippen LogP contribution in [0.25, 0.3) is 0 Å². The highest BCUT2D eigenvalue weighted by atomic mass is 16.5. The minimum Gasteiger partial charge on any atom is -0.378 e. The number of ether oxygens (including phenoxy) is 1. The Morgan fingerprint density at radius 3 is 2.92 bits per heavy atom. The number of carbonyl (C=O) groups excluding carboxylic acids is 1. The Morgan fingerprint density at radius 1 is 1.46 bits per heavy atom. The van der Waals surface area contributed by atoms with Gasteiger partial charge in [0, 0.05) is 43.5 Å². The molecule has 1 heterocycles. The first-order chi connectivity index (χ1) is 11.7. The lowest BCUT2D eigenvalue weighted by atomic mass is 9.51. The SMILES string of the molecule is CCO[C@H]1C[C@@H](NC(=O)NCCCCn2ccnc2C)C12CCC2. The second-order valence-electron chi connectivity index (χ2n) is 7.09. The number of nitrogens with zero attached hydrogens (tertiary/aromatic N) is 2. The van der Waals surface area contributed by atoms with Crippen molar-refractivity contribution >= 4 is 6.03 Å². The normalized spacial score (nSPS) is 24.2. The number of aromatic nitrogens is 2. The molecule has 134 valence electrons. The number of imidazole rings is 1. The van der Waals surface area contributed by atoms with Crippen molar-refractivity contribution < 1.29 is 9.53 Å². The molecule has 0 saturated heterocycles. The third-order valence-corrected chi connectivity index (χ3v) is 5.78. The fourth-order valence-corrected chi connectivity index (χ4v) is 4.10. The van der Waals surface area contributed by atoms with Gasteiger partial charge in [-0.15, -0.1) is 0 Å². The quantitative estimate of drug-likeness (QED) is 0.718. The molecular formula is C18H30N4O2. The Balaban J connectivity index is 1.31. The van der Waals surface area contributed by atoms with E-state index in [1.54, 1.807) is 0 Å². The zero-order valence-electron chi connectivity index (χ0n) is 14.9. The third-order valence-electron chi connectivity index (χ3n) is 5.78. The molecule has 1 aromatic heterocycles. The van der Waals surface area contributed by atoms with Gasteiger partial charge in [0.1, 0.15) is 5.82 Å². The summed E-state index contributed by atoms with van der Waals surface area (Å²) in [6, 6.07) is 0.261. The summed E-state index contributed by atoms with van der Waals surface area (Å²) < 4.78 is 7.97. The first kappa shape index (κ1) is 17.3. The Bertz CT molecular complexity index is 553. The van der Waals surface area contributed by atoms with Gasteiger partial charge in [0.05, 0.1) is 6.10 Å². The van der Waals surface area contributed by atoms with Crippen LogP contribution in [0.2, 0.25) is 0 Å². The number of hydrogen-bond donors (Lipinski definition) is 2. The molecule has 2 atom stereocenters. The lowest BCUT2D eigenvalue weighted by Crippen LogP contribution is -2.68. The lowest BCUT2D eigenvalue weighted by Gasteiger charge is -2.60. The van der Waals surface area contributed by atoms with Crippen LogP contribution in [0.4, 0.5) is 4.79 Å². The average Bonchev–Trinajstić information content (AvgIpc) is 2.89. The second kappa shape index (κ2) is 7.55. The van der Waals surface area contributed by atoms with Crippen LogP contribution in [-0.4, -0.2) is 40.9 Å². The van der Waals surface area contributed by atoms with Gasteiger partial charge in [-0.25, -0.2) is 9.78 Å². The molecule has 0 radical (unpaired) electrons. The zero-order valence-corrected chi connectivity index (χ0v) is 14.9. The van der Waals surface area contributed by atoms with Crippen molar-refractivity contribution in [1.82, 2.24) is 20.2 Å². The van der Waals surface area contributed by atoms with Gasteiger partial charge in [0.25, 0.3) is 0 Å². The lowest BCUT2D eigenvalue weighted by molar-refractivity contribution is -0.169. The molecule has 6 heteroatoms. The number of unbranched alkanes of at least 4 members (excludes halogenated alkanes) is 1. The summed E-state index contributed by atoms with van der Waals surface area (Å²) in [6.07, 6.45) is 10.8. The fraction of sp³-hybridized carbons (Fsp3) is 0.778. The van der Waals surface area contributed by atoms with Crippen molar-refractivity contribution in [3.8, 4) is 0 Å². The van der Waals surface area contributed by atoms with E-state index >= 15 is 0 Å². The van der Waals surface area contributed by atoms with Crippen LogP contribution in [-0.2, 0) is 11.3 Å². The molecule has 0 bridgehead atoms. The maximum Gasteiger partial charge on any atom is 0.315 e. The maximum atomic E-state index is 12.1. The summed E-state index contributed by atoms with van der Waals surface area (Å²) in [5, 5.41) is 6.16.